The summed E-state index contributed by atoms with van der Waals surface area (Å²) in [7, 11) is 0. The number of nitrogens with zero attached hydrogens (tertiary/aromatic N) is 9. The first kappa shape index (κ1) is 43.2. The summed E-state index contributed by atoms with van der Waals surface area (Å²) >= 11 is 6.83. The third kappa shape index (κ3) is 10.3. The van der Waals surface area contributed by atoms with Crippen molar-refractivity contribution in [2.24, 2.45) is 5.92 Å². The molecule has 2 aromatic carbocycles. The number of aryl methyl sites for hydroxylation is 1. The number of rotatable bonds is 10. The largest absolute Gasteiger partial charge is 0.507 e. The highest BCUT2D eigenvalue weighted by Crippen LogP contribution is 2.38. The topological polar surface area (TPSA) is 167 Å². The molecule has 2 saturated heterocycles. The molecule has 14 nitrogen and oxygen atoms in total. The number of benzene rings is 2. The molecule has 1 atom stereocenters. The Bertz CT molecular complexity index is 2540. The smallest absolute Gasteiger partial charge is 0.336 e. The van der Waals surface area contributed by atoms with E-state index in [4.69, 9.17) is 4.52 Å². The van der Waals surface area contributed by atoms with Crippen molar-refractivity contribution in [1.29, 1.82) is 0 Å². The van der Waals surface area contributed by atoms with Gasteiger partial charge in [0.1, 0.15) is 22.0 Å². The molecule has 2 aliphatic rings. The van der Waals surface area contributed by atoms with E-state index in [0.29, 0.717) is 49.1 Å². The summed E-state index contributed by atoms with van der Waals surface area (Å²) in [5.41, 5.74) is 8.01. The summed E-state index contributed by atoms with van der Waals surface area (Å²) < 4.78 is 5.45. The van der Waals surface area contributed by atoms with Gasteiger partial charge >= 0.3 is 6.03 Å². The van der Waals surface area contributed by atoms with Gasteiger partial charge in [0.2, 0.25) is 12.4 Å². The summed E-state index contributed by atoms with van der Waals surface area (Å²) in [4.78, 5) is 42.1. The number of thiol groups is 1. The minimum absolute atomic E-state index is 0.207. The molecular formula is C44H48N10O4S3. The molecule has 7 heterocycles. The second kappa shape index (κ2) is 20.1. The zero-order valence-electron chi connectivity index (χ0n) is 34.4. The Labute approximate surface area is 368 Å². The van der Waals surface area contributed by atoms with Crippen molar-refractivity contribution in [3.05, 3.63) is 107 Å². The second-order valence-electron chi connectivity index (χ2n) is 15.0. The molecular weight excluding hydrogens is 829 g/mol. The average Bonchev–Trinajstić information content (AvgIpc) is 4.15. The standard InChI is InChI=1S/C27H26N6O2S.C16H18N4O2S.CH4S/c1-16(2)9-20-12-22(32-35-20)19-13-28-27(29-14-19)33-8-7-17(15-33)25-11-18-10-23(30-31-26(18)36-25)21-5-3-4-6-24(21)34;1-12-15(23-10-18-12)14-5-3-13(4-6-14)9-17-16(22)20-8-2-7-19(20)11-21;1-2/h3-6,10-14,16-17,34H,7-9,15H2,1-2H3;3-6,10-11H,2,7-9H2,1H3,(H,17,22);2H,1H3. The number of hydrogen-bond acceptors (Lipinski definition) is 14. The lowest BCUT2D eigenvalue weighted by molar-refractivity contribution is -0.126. The summed E-state index contributed by atoms with van der Waals surface area (Å²) in [5, 5.41) is 29.9. The fourth-order valence-electron chi connectivity index (χ4n) is 7.21. The zero-order chi connectivity index (χ0) is 42.9. The van der Waals surface area contributed by atoms with Crippen LogP contribution in [0.2, 0.25) is 0 Å². The van der Waals surface area contributed by atoms with E-state index in [1.165, 1.54) is 19.8 Å². The van der Waals surface area contributed by atoms with Crippen LogP contribution in [0.15, 0.2) is 89.2 Å². The van der Waals surface area contributed by atoms with Crippen molar-refractivity contribution in [2.45, 2.75) is 52.5 Å². The normalized spacial score (nSPS) is 14.8. The number of thiophene rings is 1. The van der Waals surface area contributed by atoms with Gasteiger partial charge in [-0.1, -0.05) is 55.4 Å². The summed E-state index contributed by atoms with van der Waals surface area (Å²) in [6, 6.07) is 21.2. The van der Waals surface area contributed by atoms with Crippen LogP contribution in [0.5, 0.6) is 5.75 Å². The van der Waals surface area contributed by atoms with Crippen molar-refractivity contribution in [3.8, 4) is 38.7 Å². The molecule has 3 amide bonds. The number of thiazole rings is 1. The number of aromatic nitrogens is 6. The van der Waals surface area contributed by atoms with Gasteiger partial charge in [0.25, 0.3) is 0 Å². The molecule has 0 spiro atoms. The maximum atomic E-state index is 12.1. The first-order chi connectivity index (χ1) is 29.7. The average molecular weight is 877 g/mol. The van der Waals surface area contributed by atoms with Crippen molar-refractivity contribution in [1.82, 2.24) is 45.6 Å². The lowest BCUT2D eigenvalue weighted by atomic mass is 10.1. The molecule has 5 aromatic heterocycles. The molecule has 17 heteroatoms. The lowest BCUT2D eigenvalue weighted by Gasteiger charge is -2.24. The Kier molecular flexibility index (Phi) is 14.2. The number of phenolic OH excluding ortho intramolecular Hbond substituents is 1. The van der Waals surface area contributed by atoms with E-state index >= 15 is 0 Å². The summed E-state index contributed by atoms with van der Waals surface area (Å²) in [6.45, 7) is 9.67. The molecule has 9 rings (SSSR count). The number of hydrogen-bond donors (Lipinski definition) is 3. The lowest BCUT2D eigenvalue weighted by Crippen LogP contribution is -2.45. The van der Waals surface area contributed by atoms with E-state index in [1.54, 1.807) is 41.1 Å². The maximum absolute atomic E-state index is 12.1. The van der Waals surface area contributed by atoms with Crippen molar-refractivity contribution in [2.75, 3.05) is 37.3 Å². The van der Waals surface area contributed by atoms with Gasteiger partial charge in [0.15, 0.2) is 0 Å². The zero-order valence-corrected chi connectivity index (χ0v) is 37.0. The van der Waals surface area contributed by atoms with E-state index in [1.807, 2.05) is 73.4 Å². The predicted molar refractivity (Wildman–Crippen MR) is 244 cm³/mol. The maximum Gasteiger partial charge on any atom is 0.336 e. The first-order valence-electron chi connectivity index (χ1n) is 20.0. The molecule has 316 valence electrons. The molecule has 0 radical (unpaired) electrons. The number of carbonyl (C=O) groups excluding carboxylic acids is 2. The number of fused-ring (bicyclic) bond motifs is 1. The van der Waals surface area contributed by atoms with Crippen LogP contribution < -0.4 is 10.2 Å². The van der Waals surface area contributed by atoms with E-state index in [2.05, 4.69) is 73.1 Å². The van der Waals surface area contributed by atoms with E-state index in [0.717, 1.165) is 82.4 Å². The minimum atomic E-state index is -0.239. The monoisotopic (exact) mass is 876 g/mol. The molecule has 0 saturated carbocycles. The molecule has 2 aliphatic heterocycles. The second-order valence-corrected chi connectivity index (χ2v) is 16.9. The van der Waals surface area contributed by atoms with Gasteiger partial charge in [0, 0.05) is 84.9 Å². The minimum Gasteiger partial charge on any atom is -0.507 e. The highest BCUT2D eigenvalue weighted by Gasteiger charge is 2.28. The van der Waals surface area contributed by atoms with Crippen molar-refractivity contribution >= 4 is 63.9 Å². The van der Waals surface area contributed by atoms with Crippen LogP contribution in [0.1, 0.15) is 54.5 Å². The number of hydrazine groups is 1. The Balaban J connectivity index is 0.000000194. The van der Waals surface area contributed by atoms with Crippen LogP contribution in [0, 0.1) is 12.8 Å². The summed E-state index contributed by atoms with van der Waals surface area (Å²) in [6.07, 6.45) is 8.73. The van der Waals surface area contributed by atoms with E-state index in [-0.39, 0.29) is 11.8 Å². The highest BCUT2D eigenvalue weighted by atomic mass is 32.1. The molecule has 2 fully saturated rings. The van der Waals surface area contributed by atoms with Gasteiger partial charge in [-0.3, -0.25) is 9.80 Å². The van der Waals surface area contributed by atoms with Crippen LogP contribution in [0.25, 0.3) is 43.2 Å². The number of aromatic hydroxyl groups is 1. The molecule has 2 N–H and O–H groups in total. The van der Waals surface area contributed by atoms with Crippen molar-refractivity contribution in [3.63, 3.8) is 0 Å². The number of anilines is 1. The Hall–Kier alpha value is -5.91. The fourth-order valence-corrected chi connectivity index (χ4v) is 9.11. The fraction of sp³-hybridized carbons (Fsp3) is 0.318. The number of nitrogens with one attached hydrogen (secondary N) is 1. The van der Waals surface area contributed by atoms with Crippen LogP contribution in [0.4, 0.5) is 10.7 Å². The first-order valence-corrected chi connectivity index (χ1v) is 22.6. The molecule has 7 aromatic rings. The molecule has 0 bridgehead atoms. The van der Waals surface area contributed by atoms with Crippen LogP contribution in [-0.4, -0.2) is 90.3 Å². The number of urea groups is 1. The Morgan fingerprint density at radius 2 is 1.77 bits per heavy atom. The van der Waals surface area contributed by atoms with E-state index in [9.17, 15) is 14.7 Å². The molecule has 1 unspecified atom stereocenters. The Morgan fingerprint density at radius 1 is 0.984 bits per heavy atom. The number of amides is 3. The Morgan fingerprint density at radius 3 is 2.49 bits per heavy atom. The molecule has 0 aliphatic carbocycles. The van der Waals surface area contributed by atoms with Gasteiger partial charge in [-0.25, -0.2) is 24.8 Å². The highest BCUT2D eigenvalue weighted by molar-refractivity contribution is 7.79. The number of carbonyl (C=O) groups is 2. The number of phenols is 1. The predicted octanol–water partition coefficient (Wildman–Crippen LogP) is 8.65. The summed E-state index contributed by atoms with van der Waals surface area (Å²) in [5.74, 6) is 2.72. The molecule has 61 heavy (non-hydrogen) atoms. The number of para-hydroxylation sites is 1. The van der Waals surface area contributed by atoms with Crippen molar-refractivity contribution < 1.29 is 19.2 Å². The van der Waals surface area contributed by atoms with Crippen LogP contribution in [0.3, 0.4) is 0 Å². The third-order valence-corrected chi connectivity index (χ3v) is 12.5. The van der Waals surface area contributed by atoms with Crippen LogP contribution >= 0.6 is 35.3 Å². The van der Waals surface area contributed by atoms with Gasteiger partial charge in [-0.15, -0.1) is 32.9 Å². The van der Waals surface area contributed by atoms with Crippen LogP contribution in [-0.2, 0) is 17.8 Å². The van der Waals surface area contributed by atoms with Gasteiger partial charge in [0.05, 0.1) is 21.8 Å². The van der Waals surface area contributed by atoms with Gasteiger partial charge in [-0.2, -0.15) is 12.6 Å². The quantitative estimate of drug-likeness (QED) is 0.0889. The third-order valence-electron chi connectivity index (χ3n) is 10.3. The van der Waals surface area contributed by atoms with Gasteiger partial charge < -0.3 is 19.8 Å². The van der Waals surface area contributed by atoms with E-state index < -0.39 is 0 Å². The van der Waals surface area contributed by atoms with Gasteiger partial charge in [-0.05, 0) is 67.3 Å². The SMILES string of the molecule is CC(C)Cc1cc(-c2cnc(N3CCC(c4cc5cc(-c6ccccc6O)nnc5s4)C3)nc2)no1.CS.Cc1ncsc1-c1ccc(CNC(=O)N2CCCN2C=O)cc1.